The SMILES string of the molecule is CCC(C)N(CCNC(C)=O)C(C)=O. The van der Waals surface area contributed by atoms with Crippen molar-refractivity contribution in [2.75, 3.05) is 13.1 Å². The third-order valence-electron chi connectivity index (χ3n) is 2.25. The third-order valence-corrected chi connectivity index (χ3v) is 2.25. The lowest BCUT2D eigenvalue weighted by molar-refractivity contribution is -0.131. The molecule has 4 heteroatoms. The monoisotopic (exact) mass is 200 g/mol. The molecule has 0 saturated heterocycles. The second kappa shape index (κ2) is 6.40. The summed E-state index contributed by atoms with van der Waals surface area (Å²) in [5, 5.41) is 2.68. The Balaban J connectivity index is 3.98. The zero-order valence-electron chi connectivity index (χ0n) is 9.46. The molecule has 82 valence electrons. The number of carbonyl (C=O) groups excluding carboxylic acids is 2. The number of hydrogen-bond acceptors (Lipinski definition) is 2. The maximum absolute atomic E-state index is 11.2. The average molecular weight is 200 g/mol. The molecule has 1 unspecified atom stereocenters. The molecular weight excluding hydrogens is 180 g/mol. The maximum Gasteiger partial charge on any atom is 0.219 e. The summed E-state index contributed by atoms with van der Waals surface area (Å²) in [5.74, 6) is 0.00218. The summed E-state index contributed by atoms with van der Waals surface area (Å²) in [6.07, 6.45) is 0.930. The van der Waals surface area contributed by atoms with Crippen molar-refractivity contribution in [2.45, 2.75) is 40.2 Å². The second-order valence-corrected chi connectivity index (χ2v) is 3.45. The molecule has 0 aromatic heterocycles. The van der Waals surface area contributed by atoms with Gasteiger partial charge in [0.15, 0.2) is 0 Å². The highest BCUT2D eigenvalue weighted by molar-refractivity contribution is 5.74. The minimum absolute atomic E-state index is 0.0577. The molecule has 0 rings (SSSR count). The molecule has 4 nitrogen and oxygen atoms in total. The van der Waals surface area contributed by atoms with Gasteiger partial charge in [-0.25, -0.2) is 0 Å². The highest BCUT2D eigenvalue weighted by Gasteiger charge is 2.14. The number of hydrogen-bond donors (Lipinski definition) is 1. The van der Waals surface area contributed by atoms with E-state index < -0.39 is 0 Å². The highest BCUT2D eigenvalue weighted by atomic mass is 16.2. The van der Waals surface area contributed by atoms with Crippen molar-refractivity contribution in [3.8, 4) is 0 Å². The molecule has 2 amide bonds. The summed E-state index contributed by atoms with van der Waals surface area (Å²) >= 11 is 0. The van der Waals surface area contributed by atoms with E-state index in [1.165, 1.54) is 6.92 Å². The lowest BCUT2D eigenvalue weighted by atomic mass is 10.2. The topological polar surface area (TPSA) is 49.4 Å². The Bertz CT molecular complexity index is 204. The van der Waals surface area contributed by atoms with Crippen LogP contribution in [-0.2, 0) is 9.59 Å². The molecule has 1 atom stereocenters. The quantitative estimate of drug-likeness (QED) is 0.712. The van der Waals surface area contributed by atoms with E-state index in [1.54, 1.807) is 11.8 Å². The van der Waals surface area contributed by atoms with Gasteiger partial charge in [0, 0.05) is 33.0 Å². The number of nitrogens with zero attached hydrogens (tertiary/aromatic N) is 1. The molecule has 0 aliphatic rings. The zero-order chi connectivity index (χ0) is 11.1. The van der Waals surface area contributed by atoms with Gasteiger partial charge in [0.1, 0.15) is 0 Å². The van der Waals surface area contributed by atoms with E-state index in [0.29, 0.717) is 13.1 Å². The molecule has 1 N–H and O–H groups in total. The van der Waals surface area contributed by atoms with E-state index in [9.17, 15) is 9.59 Å². The number of nitrogens with one attached hydrogen (secondary N) is 1. The Hall–Kier alpha value is -1.06. The minimum Gasteiger partial charge on any atom is -0.355 e. The van der Waals surface area contributed by atoms with E-state index in [-0.39, 0.29) is 17.9 Å². The highest BCUT2D eigenvalue weighted by Crippen LogP contribution is 2.02. The summed E-state index contributed by atoms with van der Waals surface area (Å²) in [5.41, 5.74) is 0. The molecule has 0 spiro atoms. The van der Waals surface area contributed by atoms with E-state index in [0.717, 1.165) is 6.42 Å². The van der Waals surface area contributed by atoms with Crippen LogP contribution in [0.5, 0.6) is 0 Å². The summed E-state index contributed by atoms with van der Waals surface area (Å²) in [7, 11) is 0. The van der Waals surface area contributed by atoms with Crippen LogP contribution in [0.4, 0.5) is 0 Å². The Labute approximate surface area is 85.7 Å². The predicted molar refractivity (Wildman–Crippen MR) is 55.8 cm³/mol. The Morgan fingerprint density at radius 1 is 1.36 bits per heavy atom. The van der Waals surface area contributed by atoms with Crippen LogP contribution in [0.1, 0.15) is 34.1 Å². The van der Waals surface area contributed by atoms with E-state index >= 15 is 0 Å². The maximum atomic E-state index is 11.2. The van der Waals surface area contributed by atoms with Crippen LogP contribution in [0.3, 0.4) is 0 Å². The Kier molecular flexibility index (Phi) is 5.92. The smallest absolute Gasteiger partial charge is 0.219 e. The Morgan fingerprint density at radius 2 is 1.93 bits per heavy atom. The van der Waals surface area contributed by atoms with Crippen molar-refractivity contribution in [1.29, 1.82) is 0 Å². The van der Waals surface area contributed by atoms with Gasteiger partial charge in [-0.2, -0.15) is 0 Å². The van der Waals surface area contributed by atoms with Crippen molar-refractivity contribution in [3.63, 3.8) is 0 Å². The van der Waals surface area contributed by atoms with Gasteiger partial charge in [0.05, 0.1) is 0 Å². The molecule has 0 aromatic carbocycles. The first-order valence-electron chi connectivity index (χ1n) is 5.00. The fourth-order valence-corrected chi connectivity index (χ4v) is 1.26. The van der Waals surface area contributed by atoms with Gasteiger partial charge in [0.25, 0.3) is 0 Å². The van der Waals surface area contributed by atoms with Crippen LogP contribution in [0.2, 0.25) is 0 Å². The van der Waals surface area contributed by atoms with Crippen molar-refractivity contribution in [2.24, 2.45) is 0 Å². The molecule has 0 aliphatic carbocycles. The molecule has 0 fully saturated rings. The van der Waals surface area contributed by atoms with Crippen molar-refractivity contribution in [3.05, 3.63) is 0 Å². The first-order chi connectivity index (χ1) is 6.49. The average Bonchev–Trinajstić information content (AvgIpc) is 2.10. The van der Waals surface area contributed by atoms with Crippen LogP contribution in [-0.4, -0.2) is 35.8 Å². The van der Waals surface area contributed by atoms with Gasteiger partial charge in [-0.05, 0) is 13.3 Å². The number of amides is 2. The summed E-state index contributed by atoms with van der Waals surface area (Å²) in [6, 6.07) is 0.237. The number of carbonyl (C=O) groups is 2. The van der Waals surface area contributed by atoms with Gasteiger partial charge >= 0.3 is 0 Å². The molecule has 0 aromatic rings. The molecular formula is C10H20N2O2. The summed E-state index contributed by atoms with van der Waals surface area (Å²) in [6.45, 7) is 8.19. The normalized spacial score (nSPS) is 12.0. The standard InChI is InChI=1S/C10H20N2O2/c1-5-8(2)12(10(4)14)7-6-11-9(3)13/h8H,5-7H2,1-4H3,(H,11,13). The van der Waals surface area contributed by atoms with Crippen LogP contribution >= 0.6 is 0 Å². The first-order valence-corrected chi connectivity index (χ1v) is 5.00. The van der Waals surface area contributed by atoms with Crippen molar-refractivity contribution >= 4 is 11.8 Å². The molecule has 0 radical (unpaired) electrons. The van der Waals surface area contributed by atoms with Crippen LogP contribution in [0.25, 0.3) is 0 Å². The lowest BCUT2D eigenvalue weighted by Gasteiger charge is -2.27. The molecule has 0 heterocycles. The second-order valence-electron chi connectivity index (χ2n) is 3.45. The molecule has 14 heavy (non-hydrogen) atoms. The van der Waals surface area contributed by atoms with Gasteiger partial charge in [-0.3, -0.25) is 9.59 Å². The van der Waals surface area contributed by atoms with E-state index in [2.05, 4.69) is 5.32 Å². The lowest BCUT2D eigenvalue weighted by Crippen LogP contribution is -2.41. The third kappa shape index (κ3) is 4.84. The minimum atomic E-state index is -0.0577. The first kappa shape index (κ1) is 12.9. The summed E-state index contributed by atoms with van der Waals surface area (Å²) < 4.78 is 0. The van der Waals surface area contributed by atoms with Crippen LogP contribution < -0.4 is 5.32 Å². The van der Waals surface area contributed by atoms with E-state index in [1.807, 2.05) is 13.8 Å². The van der Waals surface area contributed by atoms with Crippen molar-refractivity contribution in [1.82, 2.24) is 10.2 Å². The van der Waals surface area contributed by atoms with Crippen molar-refractivity contribution < 1.29 is 9.59 Å². The fraction of sp³-hybridized carbons (Fsp3) is 0.800. The van der Waals surface area contributed by atoms with Crippen LogP contribution in [0.15, 0.2) is 0 Å². The zero-order valence-corrected chi connectivity index (χ0v) is 9.46. The fourth-order valence-electron chi connectivity index (χ4n) is 1.26. The summed E-state index contributed by atoms with van der Waals surface area (Å²) in [4.78, 5) is 23.6. The Morgan fingerprint density at radius 3 is 2.29 bits per heavy atom. The molecule has 0 aliphatic heterocycles. The predicted octanol–water partition coefficient (Wildman–Crippen LogP) is 0.770. The van der Waals surface area contributed by atoms with Gasteiger partial charge < -0.3 is 10.2 Å². The van der Waals surface area contributed by atoms with Gasteiger partial charge in [-0.15, -0.1) is 0 Å². The van der Waals surface area contributed by atoms with Gasteiger partial charge in [-0.1, -0.05) is 6.92 Å². The van der Waals surface area contributed by atoms with Crippen LogP contribution in [0, 0.1) is 0 Å². The largest absolute Gasteiger partial charge is 0.355 e. The molecule has 0 bridgehead atoms. The number of rotatable bonds is 5. The van der Waals surface area contributed by atoms with E-state index in [4.69, 9.17) is 0 Å². The molecule has 0 saturated carbocycles. The van der Waals surface area contributed by atoms with Gasteiger partial charge in [0.2, 0.25) is 11.8 Å².